The summed E-state index contributed by atoms with van der Waals surface area (Å²) in [7, 11) is 0. The molecular weight excluding hydrogens is 320 g/mol. The van der Waals surface area contributed by atoms with E-state index in [1.807, 2.05) is 18.2 Å². The van der Waals surface area contributed by atoms with E-state index in [-0.39, 0.29) is 7.43 Å². The first-order valence-corrected chi connectivity index (χ1v) is 8.68. The number of nitrogens with two attached hydrogens (primary N) is 2. The number of nitrogen functional groups attached to an aromatic ring is 2. The Hall–Kier alpha value is -2.88. The number of fused-ring (bicyclic) bond motifs is 2. The van der Waals surface area contributed by atoms with Crippen LogP contribution in [0, 0.1) is 0 Å². The van der Waals surface area contributed by atoms with Gasteiger partial charge in [-0.3, -0.25) is 0 Å². The second-order valence-electron chi connectivity index (χ2n) is 6.21. The van der Waals surface area contributed by atoms with Crippen molar-refractivity contribution in [2.45, 2.75) is 40.5 Å². The Balaban J connectivity index is 0.000000180. The molecule has 0 radical (unpaired) electrons. The summed E-state index contributed by atoms with van der Waals surface area (Å²) in [5.74, 6) is 1.27. The van der Waals surface area contributed by atoms with Crippen molar-refractivity contribution in [2.75, 3.05) is 11.5 Å². The van der Waals surface area contributed by atoms with E-state index < -0.39 is 0 Å². The van der Waals surface area contributed by atoms with Gasteiger partial charge in [0, 0.05) is 23.3 Å². The Morgan fingerprint density at radius 3 is 2.35 bits per heavy atom. The second-order valence-corrected chi connectivity index (χ2v) is 6.21. The molecule has 136 valence electrons. The summed E-state index contributed by atoms with van der Waals surface area (Å²) in [6.45, 7) is 4.31. The van der Waals surface area contributed by atoms with Crippen molar-refractivity contribution in [1.82, 2.24) is 9.97 Å². The molecule has 0 saturated heterocycles. The molecule has 1 aliphatic rings. The minimum atomic E-state index is 0. The number of allylic oxidation sites excluding steroid dienone is 1. The summed E-state index contributed by atoms with van der Waals surface area (Å²) >= 11 is 0. The molecule has 3 aromatic rings. The second kappa shape index (κ2) is 8.48. The minimum absolute atomic E-state index is 0. The highest BCUT2D eigenvalue weighted by Crippen LogP contribution is 2.29. The smallest absolute Gasteiger partial charge is 0.131 e. The molecule has 0 aliphatic heterocycles. The number of hydrogen-bond donors (Lipinski definition) is 2. The zero-order valence-corrected chi connectivity index (χ0v) is 14.8. The highest BCUT2D eigenvalue weighted by Gasteiger charge is 2.13. The van der Waals surface area contributed by atoms with Crippen molar-refractivity contribution >= 4 is 28.5 Å². The van der Waals surface area contributed by atoms with Gasteiger partial charge < -0.3 is 11.5 Å². The lowest BCUT2D eigenvalue weighted by molar-refractivity contribution is 1.04. The van der Waals surface area contributed by atoms with Crippen LogP contribution in [-0.2, 0) is 12.8 Å². The standard InChI is InChI=1S/C11H12N2.C10H12N2.CH4/c1-2-8-3-4-10-9(7-8)5-6-13-11(10)12;1-2-7-5-8-3-4-12-10(11)9(8)6-7;/h3-7H,2H2,1H3,(H2,12,13);3-4,6H,2,5H2,1H3,(H2,11,12);1H4. The van der Waals surface area contributed by atoms with Crippen LogP contribution in [0.5, 0.6) is 0 Å². The molecule has 0 saturated carbocycles. The van der Waals surface area contributed by atoms with E-state index in [9.17, 15) is 0 Å². The number of nitrogens with zero attached hydrogens (tertiary/aromatic N) is 2. The molecule has 0 unspecified atom stereocenters. The molecule has 1 aliphatic carbocycles. The minimum Gasteiger partial charge on any atom is -0.383 e. The van der Waals surface area contributed by atoms with Crippen LogP contribution in [0.1, 0.15) is 44.4 Å². The highest BCUT2D eigenvalue weighted by molar-refractivity contribution is 5.91. The number of rotatable bonds is 2. The summed E-state index contributed by atoms with van der Waals surface area (Å²) in [6.07, 6.45) is 8.90. The molecule has 1 aromatic carbocycles. The Labute approximate surface area is 156 Å². The number of aromatic nitrogens is 2. The van der Waals surface area contributed by atoms with Gasteiger partial charge in [0.05, 0.1) is 0 Å². The summed E-state index contributed by atoms with van der Waals surface area (Å²) in [4.78, 5) is 8.09. The van der Waals surface area contributed by atoms with Crippen molar-refractivity contribution in [2.24, 2.45) is 0 Å². The lowest BCUT2D eigenvalue weighted by Crippen LogP contribution is -1.94. The molecular formula is C22H28N4. The van der Waals surface area contributed by atoms with Gasteiger partial charge >= 0.3 is 0 Å². The third-order valence-corrected chi connectivity index (χ3v) is 4.60. The monoisotopic (exact) mass is 348 g/mol. The Kier molecular flexibility index (Phi) is 6.34. The molecule has 0 amide bonds. The zero-order chi connectivity index (χ0) is 17.8. The first kappa shape index (κ1) is 19.4. The van der Waals surface area contributed by atoms with E-state index in [1.54, 1.807) is 12.4 Å². The molecule has 2 aromatic heterocycles. The molecule has 0 spiro atoms. The van der Waals surface area contributed by atoms with Gasteiger partial charge in [0.15, 0.2) is 0 Å². The van der Waals surface area contributed by atoms with E-state index in [4.69, 9.17) is 11.5 Å². The molecule has 0 atom stereocenters. The lowest BCUT2D eigenvalue weighted by atomic mass is 10.1. The van der Waals surface area contributed by atoms with Crippen molar-refractivity contribution in [3.63, 3.8) is 0 Å². The predicted molar refractivity (Wildman–Crippen MR) is 113 cm³/mol. The maximum atomic E-state index is 5.74. The van der Waals surface area contributed by atoms with Crippen molar-refractivity contribution in [1.29, 1.82) is 0 Å². The largest absolute Gasteiger partial charge is 0.383 e. The first-order valence-electron chi connectivity index (χ1n) is 8.68. The fourth-order valence-corrected chi connectivity index (χ4v) is 3.05. The van der Waals surface area contributed by atoms with Crippen LogP contribution in [0.15, 0.2) is 48.3 Å². The van der Waals surface area contributed by atoms with Crippen LogP contribution in [0.25, 0.3) is 16.8 Å². The van der Waals surface area contributed by atoms with Crippen LogP contribution < -0.4 is 11.5 Å². The maximum absolute atomic E-state index is 5.74. The number of anilines is 2. The predicted octanol–water partition coefficient (Wildman–Crippen LogP) is 5.03. The Morgan fingerprint density at radius 2 is 1.65 bits per heavy atom. The summed E-state index contributed by atoms with van der Waals surface area (Å²) in [6, 6.07) is 10.3. The van der Waals surface area contributed by atoms with Crippen LogP contribution in [0.4, 0.5) is 11.6 Å². The average Bonchev–Trinajstić information content (AvgIpc) is 3.07. The van der Waals surface area contributed by atoms with Gasteiger partial charge in [-0.2, -0.15) is 0 Å². The van der Waals surface area contributed by atoms with Gasteiger partial charge in [-0.1, -0.05) is 51.1 Å². The van der Waals surface area contributed by atoms with Crippen molar-refractivity contribution in [3.05, 3.63) is 65.0 Å². The molecule has 0 fully saturated rings. The maximum Gasteiger partial charge on any atom is 0.131 e. The topological polar surface area (TPSA) is 77.8 Å². The van der Waals surface area contributed by atoms with Gasteiger partial charge in [0.25, 0.3) is 0 Å². The average molecular weight is 348 g/mol. The summed E-state index contributed by atoms with van der Waals surface area (Å²) in [5, 5.41) is 2.21. The van der Waals surface area contributed by atoms with E-state index in [1.165, 1.54) is 22.1 Å². The lowest BCUT2D eigenvalue weighted by Gasteiger charge is -2.02. The van der Waals surface area contributed by atoms with Gasteiger partial charge in [-0.25, -0.2) is 9.97 Å². The quantitative estimate of drug-likeness (QED) is 0.681. The van der Waals surface area contributed by atoms with Crippen LogP contribution in [0.2, 0.25) is 0 Å². The molecule has 26 heavy (non-hydrogen) atoms. The van der Waals surface area contributed by atoms with E-state index >= 15 is 0 Å². The van der Waals surface area contributed by atoms with Crippen LogP contribution in [0.3, 0.4) is 0 Å². The first-order chi connectivity index (χ1) is 12.1. The number of aryl methyl sites for hydroxylation is 1. The van der Waals surface area contributed by atoms with E-state index in [0.29, 0.717) is 11.6 Å². The molecule has 0 bridgehead atoms. The van der Waals surface area contributed by atoms with E-state index in [0.717, 1.165) is 30.2 Å². The molecule has 2 heterocycles. The van der Waals surface area contributed by atoms with Crippen LogP contribution in [-0.4, -0.2) is 9.97 Å². The normalized spacial score (nSPS) is 11.8. The third kappa shape index (κ3) is 4.02. The molecule has 4 rings (SSSR count). The Morgan fingerprint density at radius 1 is 0.923 bits per heavy atom. The van der Waals surface area contributed by atoms with Gasteiger partial charge in [0.2, 0.25) is 0 Å². The third-order valence-electron chi connectivity index (χ3n) is 4.60. The zero-order valence-electron chi connectivity index (χ0n) is 14.8. The number of hydrogen-bond acceptors (Lipinski definition) is 4. The van der Waals surface area contributed by atoms with Gasteiger partial charge in [-0.05, 0) is 47.9 Å². The van der Waals surface area contributed by atoms with Crippen molar-refractivity contribution in [3.8, 4) is 0 Å². The molecule has 4 heteroatoms. The number of pyridine rings is 2. The van der Waals surface area contributed by atoms with Crippen molar-refractivity contribution < 1.29 is 0 Å². The van der Waals surface area contributed by atoms with E-state index in [2.05, 4.69) is 42.0 Å². The molecule has 4 nitrogen and oxygen atoms in total. The van der Waals surface area contributed by atoms with Gasteiger partial charge in [0.1, 0.15) is 11.6 Å². The fraction of sp³-hybridized carbons (Fsp3) is 0.273. The Bertz CT molecular complexity index is 929. The summed E-state index contributed by atoms with van der Waals surface area (Å²) in [5.41, 5.74) is 16.7. The number of benzene rings is 1. The molecule has 4 N–H and O–H groups in total. The van der Waals surface area contributed by atoms with Gasteiger partial charge in [-0.15, -0.1) is 0 Å². The SMILES string of the molecule is C.CCC1=Cc2c(ccnc2N)C1.CCc1ccc2c(N)nccc2c1. The highest BCUT2D eigenvalue weighted by atomic mass is 14.8. The summed E-state index contributed by atoms with van der Waals surface area (Å²) < 4.78 is 0. The fourth-order valence-electron chi connectivity index (χ4n) is 3.05. The van der Waals surface area contributed by atoms with Crippen LogP contribution >= 0.6 is 0 Å².